The van der Waals surface area contributed by atoms with Crippen LogP contribution in [0.3, 0.4) is 0 Å². The molecule has 1 saturated heterocycles. The first-order valence-corrected chi connectivity index (χ1v) is 6.70. The van der Waals surface area contributed by atoms with E-state index in [1.807, 2.05) is 11.8 Å². The number of rotatable bonds is 4. The van der Waals surface area contributed by atoms with E-state index in [9.17, 15) is 9.59 Å². The van der Waals surface area contributed by atoms with E-state index in [4.69, 9.17) is 17.3 Å². The van der Waals surface area contributed by atoms with Gasteiger partial charge < -0.3 is 5.73 Å². The highest BCUT2D eigenvalue weighted by atomic mass is 35.5. The number of halogens is 1. The van der Waals surface area contributed by atoms with E-state index in [1.54, 1.807) is 24.3 Å². The molecule has 2 unspecified atom stereocenters. The molecule has 0 saturated carbocycles. The van der Waals surface area contributed by atoms with Crippen molar-refractivity contribution in [2.45, 2.75) is 19.4 Å². The third-order valence-electron chi connectivity index (χ3n) is 3.66. The zero-order valence-corrected chi connectivity index (χ0v) is 11.6. The second kappa shape index (κ2) is 5.72. The Labute approximate surface area is 117 Å². The summed E-state index contributed by atoms with van der Waals surface area (Å²) in [4.78, 5) is 25.5. The molecule has 0 spiro atoms. The maximum absolute atomic E-state index is 12.3. The predicted octanol–water partition coefficient (Wildman–Crippen LogP) is 1.72. The normalized spacial score (nSPS) is 21.3. The van der Waals surface area contributed by atoms with Gasteiger partial charge in [0.05, 0.1) is 12.0 Å². The molecule has 1 aliphatic heterocycles. The van der Waals surface area contributed by atoms with Gasteiger partial charge in [-0.1, -0.05) is 23.7 Å². The number of likely N-dealkylation sites (tertiary alicyclic amines) is 1. The van der Waals surface area contributed by atoms with Crippen LogP contribution >= 0.6 is 11.6 Å². The van der Waals surface area contributed by atoms with Crippen LogP contribution in [0.2, 0.25) is 5.02 Å². The highest BCUT2D eigenvalue weighted by molar-refractivity contribution is 6.31. The Balaban J connectivity index is 2.06. The molecule has 102 valence electrons. The topological polar surface area (TPSA) is 63.4 Å². The Hall–Kier alpha value is -1.39. The molecule has 1 aromatic carbocycles. The predicted molar refractivity (Wildman–Crippen MR) is 74.1 cm³/mol. The number of amides is 1. The summed E-state index contributed by atoms with van der Waals surface area (Å²) in [5.41, 5.74) is 5.90. The molecular formula is C14H17ClN2O2. The highest BCUT2D eigenvalue weighted by Crippen LogP contribution is 2.21. The quantitative estimate of drug-likeness (QED) is 0.854. The van der Waals surface area contributed by atoms with Crippen LogP contribution in [0.5, 0.6) is 0 Å². The van der Waals surface area contributed by atoms with E-state index in [0.717, 1.165) is 13.0 Å². The van der Waals surface area contributed by atoms with Gasteiger partial charge in [-0.2, -0.15) is 0 Å². The lowest BCUT2D eigenvalue weighted by atomic mass is 10.0. The van der Waals surface area contributed by atoms with Crippen LogP contribution < -0.4 is 5.73 Å². The Morgan fingerprint density at radius 1 is 1.47 bits per heavy atom. The molecular weight excluding hydrogens is 264 g/mol. The summed E-state index contributed by atoms with van der Waals surface area (Å²) in [5.74, 6) is -0.410. The summed E-state index contributed by atoms with van der Waals surface area (Å²) in [6, 6.07) is 6.66. The summed E-state index contributed by atoms with van der Waals surface area (Å²) in [6.45, 7) is 3.14. The third kappa shape index (κ3) is 3.14. The fraction of sp³-hybridized carbons (Fsp3) is 0.429. The van der Waals surface area contributed by atoms with Gasteiger partial charge in [0.1, 0.15) is 0 Å². The minimum atomic E-state index is -0.287. The molecule has 1 aromatic rings. The number of carbonyl (C=O) groups excluding carboxylic acids is 2. The van der Waals surface area contributed by atoms with E-state index in [-0.39, 0.29) is 23.7 Å². The summed E-state index contributed by atoms with van der Waals surface area (Å²) in [7, 11) is 0. The van der Waals surface area contributed by atoms with Crippen LogP contribution in [0.4, 0.5) is 0 Å². The fourth-order valence-electron chi connectivity index (χ4n) is 2.42. The van der Waals surface area contributed by atoms with Crippen molar-refractivity contribution in [3.05, 3.63) is 34.9 Å². The molecule has 1 fully saturated rings. The van der Waals surface area contributed by atoms with Crippen LogP contribution in [0.1, 0.15) is 23.7 Å². The van der Waals surface area contributed by atoms with Crippen LogP contribution in [-0.4, -0.2) is 35.7 Å². The zero-order valence-electron chi connectivity index (χ0n) is 10.8. The van der Waals surface area contributed by atoms with Gasteiger partial charge in [-0.25, -0.2) is 0 Å². The van der Waals surface area contributed by atoms with Gasteiger partial charge in [0, 0.05) is 17.1 Å². The lowest BCUT2D eigenvalue weighted by Crippen LogP contribution is -2.38. The average Bonchev–Trinajstić information content (AvgIpc) is 2.86. The minimum Gasteiger partial charge on any atom is -0.369 e. The lowest BCUT2D eigenvalue weighted by molar-refractivity contribution is -0.121. The maximum atomic E-state index is 12.3. The van der Waals surface area contributed by atoms with E-state index < -0.39 is 0 Å². The number of Topliss-reactive ketones (excluding diaryl/α,β-unsaturated/α-hetero) is 1. The molecule has 4 nitrogen and oxygen atoms in total. The molecule has 0 bridgehead atoms. The highest BCUT2D eigenvalue weighted by Gasteiger charge is 2.32. The van der Waals surface area contributed by atoms with E-state index in [2.05, 4.69) is 0 Å². The maximum Gasteiger partial charge on any atom is 0.221 e. The van der Waals surface area contributed by atoms with Gasteiger partial charge in [0.15, 0.2) is 5.78 Å². The molecule has 19 heavy (non-hydrogen) atoms. The first kappa shape index (κ1) is 14.0. The summed E-state index contributed by atoms with van der Waals surface area (Å²) >= 11 is 5.89. The number of hydrogen-bond acceptors (Lipinski definition) is 3. The zero-order chi connectivity index (χ0) is 14.0. The lowest BCUT2D eigenvalue weighted by Gasteiger charge is -2.22. The molecule has 0 radical (unpaired) electrons. The molecule has 1 amide bonds. The summed E-state index contributed by atoms with van der Waals surface area (Å²) in [5, 5.41) is 0.550. The van der Waals surface area contributed by atoms with Gasteiger partial charge in [-0.3, -0.25) is 14.5 Å². The Morgan fingerprint density at radius 3 is 2.79 bits per heavy atom. The number of carbonyl (C=O) groups is 2. The second-order valence-corrected chi connectivity index (χ2v) is 5.37. The molecule has 0 aliphatic carbocycles. The van der Waals surface area contributed by atoms with Crippen molar-refractivity contribution in [1.29, 1.82) is 0 Å². The molecule has 2 N–H and O–H groups in total. The van der Waals surface area contributed by atoms with Crippen molar-refractivity contribution in [2.75, 3.05) is 13.1 Å². The second-order valence-electron chi connectivity index (χ2n) is 4.93. The van der Waals surface area contributed by atoms with Gasteiger partial charge in [-0.15, -0.1) is 0 Å². The Kier molecular flexibility index (Phi) is 4.22. The van der Waals surface area contributed by atoms with Crippen molar-refractivity contribution in [3.63, 3.8) is 0 Å². The number of nitrogens with zero attached hydrogens (tertiary/aromatic N) is 1. The van der Waals surface area contributed by atoms with E-state index in [1.165, 1.54) is 0 Å². The first-order valence-electron chi connectivity index (χ1n) is 6.32. The largest absolute Gasteiger partial charge is 0.369 e. The molecule has 0 aromatic heterocycles. The van der Waals surface area contributed by atoms with Crippen molar-refractivity contribution < 1.29 is 9.59 Å². The van der Waals surface area contributed by atoms with Crippen LogP contribution in [0.25, 0.3) is 0 Å². The summed E-state index contributed by atoms with van der Waals surface area (Å²) < 4.78 is 0. The summed E-state index contributed by atoms with van der Waals surface area (Å²) in [6.07, 6.45) is 0.725. The third-order valence-corrected chi connectivity index (χ3v) is 3.89. The Bertz CT molecular complexity index is 504. The van der Waals surface area contributed by atoms with Crippen LogP contribution in [-0.2, 0) is 4.79 Å². The van der Waals surface area contributed by atoms with Crippen LogP contribution in [0, 0.1) is 5.92 Å². The van der Waals surface area contributed by atoms with Gasteiger partial charge in [0.25, 0.3) is 0 Å². The van der Waals surface area contributed by atoms with Gasteiger partial charge in [0.2, 0.25) is 5.91 Å². The first-order chi connectivity index (χ1) is 8.99. The molecule has 1 heterocycles. The van der Waals surface area contributed by atoms with Crippen LogP contribution in [0.15, 0.2) is 24.3 Å². The SMILES string of the molecule is CC(C(=O)c1cccc(Cl)c1)N1CCC(C(N)=O)C1. The number of primary amides is 1. The fourth-order valence-corrected chi connectivity index (χ4v) is 2.61. The van der Waals surface area contributed by atoms with Gasteiger partial charge >= 0.3 is 0 Å². The molecule has 2 atom stereocenters. The minimum absolute atomic E-state index is 0.0209. The smallest absolute Gasteiger partial charge is 0.221 e. The standard InChI is InChI=1S/C14H17ClN2O2/c1-9(17-6-5-11(8-17)14(16)19)13(18)10-3-2-4-12(15)7-10/h2-4,7,9,11H,5-6,8H2,1H3,(H2,16,19). The van der Waals surface area contributed by atoms with Crippen molar-refractivity contribution in [3.8, 4) is 0 Å². The molecule has 2 rings (SSSR count). The van der Waals surface area contributed by atoms with Gasteiger partial charge in [-0.05, 0) is 32.0 Å². The Morgan fingerprint density at radius 2 is 2.21 bits per heavy atom. The van der Waals surface area contributed by atoms with Crippen molar-refractivity contribution in [2.24, 2.45) is 11.7 Å². The molecule has 1 aliphatic rings. The number of nitrogens with two attached hydrogens (primary N) is 1. The van der Waals surface area contributed by atoms with Crippen molar-refractivity contribution in [1.82, 2.24) is 4.90 Å². The average molecular weight is 281 g/mol. The number of ketones is 1. The van der Waals surface area contributed by atoms with Crippen molar-refractivity contribution >= 4 is 23.3 Å². The van der Waals surface area contributed by atoms with E-state index >= 15 is 0 Å². The number of hydrogen-bond donors (Lipinski definition) is 1. The number of benzene rings is 1. The van der Waals surface area contributed by atoms with E-state index in [0.29, 0.717) is 17.1 Å². The monoisotopic (exact) mass is 280 g/mol. The molecule has 5 heteroatoms.